The summed E-state index contributed by atoms with van der Waals surface area (Å²) in [4.78, 5) is 0. The fourth-order valence-electron chi connectivity index (χ4n) is 0.287. The third kappa shape index (κ3) is 10.1. The summed E-state index contributed by atoms with van der Waals surface area (Å²) >= 11 is 0. The number of methoxy groups -OCH3 is 1. The molecule has 0 saturated heterocycles. The molecule has 1 radical (unpaired) electrons. The minimum absolute atomic E-state index is 0. The van der Waals surface area contributed by atoms with Gasteiger partial charge in [-0.15, -0.1) is 0 Å². The maximum atomic E-state index is 4.95. The zero-order valence-electron chi connectivity index (χ0n) is 5.52. The second kappa shape index (κ2) is 10.9. The first-order chi connectivity index (χ1) is 3.41. The van der Waals surface area contributed by atoms with E-state index in [0.717, 1.165) is 6.61 Å². The van der Waals surface area contributed by atoms with E-state index >= 15 is 0 Å². The van der Waals surface area contributed by atoms with Gasteiger partial charge in [0.15, 0.2) is 0 Å². The third-order valence-electron chi connectivity index (χ3n) is 0.636. The van der Waals surface area contributed by atoms with Crippen molar-refractivity contribution < 1.29 is 42.2 Å². The topological polar surface area (TPSA) is 18.5 Å². The van der Waals surface area contributed by atoms with E-state index in [1.807, 2.05) is 6.92 Å². The van der Waals surface area contributed by atoms with Crippen LogP contribution in [0.15, 0.2) is 0 Å². The molecule has 47 valence electrons. The Morgan fingerprint density at radius 2 is 1.88 bits per heavy atom. The van der Waals surface area contributed by atoms with Crippen LogP contribution in [0, 0.1) is 0 Å². The van der Waals surface area contributed by atoms with Crippen molar-refractivity contribution in [2.24, 2.45) is 0 Å². The van der Waals surface area contributed by atoms with Crippen LogP contribution in [0.5, 0.6) is 0 Å². The second-order valence-corrected chi connectivity index (χ2v) is 1.19. The van der Waals surface area contributed by atoms with Crippen LogP contribution in [0.4, 0.5) is 0 Å². The Labute approximate surface area is 75.8 Å². The molecule has 0 aromatic rings. The smallest absolute Gasteiger partial charge is 0.0700 e. The van der Waals surface area contributed by atoms with Crippen LogP contribution in [-0.4, -0.2) is 26.9 Å². The number of hydrogen-bond donors (Lipinski definition) is 0. The second-order valence-electron chi connectivity index (χ2n) is 1.19. The molecule has 0 saturated carbocycles. The van der Waals surface area contributed by atoms with Crippen molar-refractivity contribution in [3.8, 4) is 0 Å². The number of hydrogen-bond acceptors (Lipinski definition) is 2. The first-order valence-electron chi connectivity index (χ1n) is 2.48. The minimum Gasteiger partial charge on any atom is -0.382 e. The van der Waals surface area contributed by atoms with Crippen molar-refractivity contribution in [2.45, 2.75) is 6.92 Å². The van der Waals surface area contributed by atoms with Crippen LogP contribution < -0.4 is 0 Å². The first-order valence-corrected chi connectivity index (χ1v) is 2.48. The Bertz CT molecular complexity index is 29.6. The Hall–Kier alpha value is 1.02. The zero-order chi connectivity index (χ0) is 5.54. The van der Waals surface area contributed by atoms with Gasteiger partial charge in [-0.1, -0.05) is 0 Å². The molecule has 3 heteroatoms. The summed E-state index contributed by atoms with van der Waals surface area (Å²) in [6.07, 6.45) is 0. The van der Waals surface area contributed by atoms with Gasteiger partial charge in [-0.3, -0.25) is 0 Å². The van der Waals surface area contributed by atoms with Crippen molar-refractivity contribution in [2.75, 3.05) is 26.9 Å². The van der Waals surface area contributed by atoms with Crippen molar-refractivity contribution in [3.05, 3.63) is 0 Å². The fourth-order valence-corrected chi connectivity index (χ4v) is 0.287. The van der Waals surface area contributed by atoms with Gasteiger partial charge in [0.25, 0.3) is 0 Å². The van der Waals surface area contributed by atoms with Gasteiger partial charge < -0.3 is 9.47 Å². The van der Waals surface area contributed by atoms with Gasteiger partial charge in [0, 0.05) is 46.4 Å². The summed E-state index contributed by atoms with van der Waals surface area (Å²) in [5.41, 5.74) is 0. The Balaban J connectivity index is 0. The van der Waals surface area contributed by atoms with E-state index in [9.17, 15) is 0 Å². The van der Waals surface area contributed by atoms with E-state index in [1.165, 1.54) is 0 Å². The van der Waals surface area contributed by atoms with Crippen LogP contribution in [0.25, 0.3) is 0 Å². The minimum atomic E-state index is 0. The van der Waals surface area contributed by atoms with Gasteiger partial charge in [0.05, 0.1) is 13.2 Å². The molecule has 0 spiro atoms. The van der Waals surface area contributed by atoms with Gasteiger partial charge in [-0.05, 0) is 6.92 Å². The maximum absolute atomic E-state index is 4.95. The monoisotopic (exact) mass is 193 g/mol. The quantitative estimate of drug-likeness (QED) is 0.611. The molecule has 0 N–H and O–H groups in total. The summed E-state index contributed by atoms with van der Waals surface area (Å²) in [7, 11) is 1.67. The molecule has 2 nitrogen and oxygen atoms in total. The molecule has 0 aliphatic rings. The molecule has 0 aliphatic heterocycles. The maximum Gasteiger partial charge on any atom is 0.0700 e. The normalized spacial score (nSPS) is 8.25. The molecule has 0 aromatic heterocycles. The summed E-state index contributed by atoms with van der Waals surface area (Å²) in [6, 6.07) is 0. The number of rotatable bonds is 4. The summed E-state index contributed by atoms with van der Waals surface area (Å²) < 4.78 is 9.67. The van der Waals surface area contributed by atoms with Gasteiger partial charge in [-0.25, -0.2) is 0 Å². The zero-order valence-corrected chi connectivity index (χ0v) is 8.35. The Morgan fingerprint density at radius 3 is 2.25 bits per heavy atom. The summed E-state index contributed by atoms with van der Waals surface area (Å²) in [5.74, 6) is 0. The van der Waals surface area contributed by atoms with Crippen LogP contribution in [0.2, 0.25) is 0 Å². The molecule has 0 amide bonds. The molecule has 0 aliphatic carbocycles. The predicted octanol–water partition coefficient (Wildman–Crippen LogP) is 0.667. The van der Waals surface area contributed by atoms with Gasteiger partial charge >= 0.3 is 0 Å². The van der Waals surface area contributed by atoms with Gasteiger partial charge in [0.1, 0.15) is 0 Å². The molecular weight excluding hydrogens is 181 g/mol. The van der Waals surface area contributed by atoms with Crippen molar-refractivity contribution in [3.63, 3.8) is 0 Å². The third-order valence-corrected chi connectivity index (χ3v) is 0.636. The molecule has 0 rings (SSSR count). The molecular formula is C5H12O2Y. The van der Waals surface area contributed by atoms with E-state index in [4.69, 9.17) is 9.47 Å². The van der Waals surface area contributed by atoms with E-state index in [-0.39, 0.29) is 32.7 Å². The van der Waals surface area contributed by atoms with Crippen LogP contribution >= 0.6 is 0 Å². The van der Waals surface area contributed by atoms with Gasteiger partial charge in [-0.2, -0.15) is 0 Å². The average Bonchev–Trinajstić information content (AvgIpc) is 1.69. The summed E-state index contributed by atoms with van der Waals surface area (Å²) in [6.45, 7) is 4.17. The first kappa shape index (κ1) is 11.8. The molecule has 0 unspecified atom stereocenters. The summed E-state index contributed by atoms with van der Waals surface area (Å²) in [5, 5.41) is 0. The van der Waals surface area contributed by atoms with Crippen LogP contribution in [0.3, 0.4) is 0 Å². The largest absolute Gasteiger partial charge is 0.382 e. The SMILES string of the molecule is CCOCCOC.[Y]. The molecule has 0 bridgehead atoms. The van der Waals surface area contributed by atoms with Crippen molar-refractivity contribution >= 4 is 0 Å². The fraction of sp³-hybridized carbons (Fsp3) is 1.00. The van der Waals surface area contributed by atoms with E-state index in [1.54, 1.807) is 7.11 Å². The molecule has 0 aromatic carbocycles. The molecule has 0 fully saturated rings. The Kier molecular flexibility index (Phi) is 16.1. The van der Waals surface area contributed by atoms with E-state index < -0.39 is 0 Å². The molecule has 0 atom stereocenters. The Morgan fingerprint density at radius 1 is 1.25 bits per heavy atom. The molecule has 0 heterocycles. The average molecular weight is 193 g/mol. The van der Waals surface area contributed by atoms with Crippen LogP contribution in [0.1, 0.15) is 6.92 Å². The van der Waals surface area contributed by atoms with E-state index in [2.05, 4.69) is 0 Å². The van der Waals surface area contributed by atoms with Gasteiger partial charge in [0.2, 0.25) is 0 Å². The van der Waals surface area contributed by atoms with Crippen molar-refractivity contribution in [1.82, 2.24) is 0 Å². The predicted molar refractivity (Wildman–Crippen MR) is 28.4 cm³/mol. The van der Waals surface area contributed by atoms with E-state index in [0.29, 0.717) is 13.2 Å². The number of ether oxygens (including phenoxy) is 2. The standard InChI is InChI=1S/C5H12O2.Y/c1-3-7-5-4-6-2;/h3-5H2,1-2H3;. The molecule has 8 heavy (non-hydrogen) atoms. The van der Waals surface area contributed by atoms with Crippen molar-refractivity contribution in [1.29, 1.82) is 0 Å². The van der Waals surface area contributed by atoms with Crippen LogP contribution in [-0.2, 0) is 42.2 Å².